The Kier molecular flexibility index (Phi) is 5.12. The number of benzene rings is 1. The molecule has 0 radical (unpaired) electrons. The zero-order chi connectivity index (χ0) is 11.1. The quantitative estimate of drug-likeness (QED) is 0.780. The van der Waals surface area contributed by atoms with Gasteiger partial charge in [-0.2, -0.15) is 0 Å². The van der Waals surface area contributed by atoms with Crippen molar-refractivity contribution < 1.29 is 4.39 Å². The molecule has 0 fully saturated rings. The van der Waals surface area contributed by atoms with E-state index in [1.54, 1.807) is 0 Å². The van der Waals surface area contributed by atoms with Crippen LogP contribution >= 0.6 is 0 Å². The Bertz CT molecular complexity index is 271. The van der Waals surface area contributed by atoms with Gasteiger partial charge in [0.05, 0.1) is 6.67 Å². The summed E-state index contributed by atoms with van der Waals surface area (Å²) in [7, 11) is 0. The van der Waals surface area contributed by atoms with Crippen LogP contribution in [0, 0.1) is 0 Å². The van der Waals surface area contributed by atoms with Crippen LogP contribution in [0.4, 0.5) is 10.1 Å². The molecule has 0 aliphatic carbocycles. The Morgan fingerprint density at radius 2 is 1.93 bits per heavy atom. The molecule has 0 amide bonds. The van der Waals surface area contributed by atoms with Crippen molar-refractivity contribution in [1.82, 2.24) is 0 Å². The van der Waals surface area contributed by atoms with E-state index < -0.39 is 0 Å². The maximum Gasteiger partial charge on any atom is 0.0911 e. The number of nitrogens with two attached hydrogens (primary N) is 1. The van der Waals surface area contributed by atoms with Gasteiger partial charge in [-0.1, -0.05) is 12.1 Å². The summed E-state index contributed by atoms with van der Waals surface area (Å²) < 4.78 is 12.1. The molecule has 15 heavy (non-hydrogen) atoms. The van der Waals surface area contributed by atoms with Crippen LogP contribution < -0.4 is 10.6 Å². The second kappa shape index (κ2) is 6.40. The van der Waals surface area contributed by atoms with Gasteiger partial charge >= 0.3 is 0 Å². The van der Waals surface area contributed by atoms with Gasteiger partial charge < -0.3 is 10.6 Å². The highest BCUT2D eigenvalue weighted by atomic mass is 19.1. The minimum absolute atomic E-state index is 0.253. The maximum absolute atomic E-state index is 12.1. The van der Waals surface area contributed by atoms with E-state index in [1.807, 2.05) is 24.3 Å². The molecular weight excluding hydrogens is 191 g/mol. The van der Waals surface area contributed by atoms with Crippen molar-refractivity contribution in [3.05, 3.63) is 29.8 Å². The van der Waals surface area contributed by atoms with Crippen LogP contribution in [0.15, 0.2) is 24.3 Å². The molecule has 2 nitrogen and oxygen atoms in total. The van der Waals surface area contributed by atoms with Crippen molar-refractivity contribution in [2.45, 2.75) is 19.9 Å². The van der Waals surface area contributed by atoms with Crippen LogP contribution in [-0.2, 0) is 6.54 Å². The van der Waals surface area contributed by atoms with Gasteiger partial charge in [-0.05, 0) is 31.0 Å². The molecule has 1 aromatic carbocycles. The Balaban J connectivity index is 2.65. The predicted molar refractivity (Wildman–Crippen MR) is 62.8 cm³/mol. The van der Waals surface area contributed by atoms with Gasteiger partial charge in [0.15, 0.2) is 0 Å². The number of nitrogens with zero attached hydrogens (tertiary/aromatic N) is 1. The Morgan fingerprint density at radius 3 is 2.40 bits per heavy atom. The number of anilines is 1. The Hall–Kier alpha value is -1.09. The second-order valence-electron chi connectivity index (χ2n) is 3.49. The summed E-state index contributed by atoms with van der Waals surface area (Å²) in [6.45, 7) is 4.07. The minimum atomic E-state index is -0.253. The van der Waals surface area contributed by atoms with E-state index >= 15 is 0 Å². The molecule has 3 heteroatoms. The number of hydrogen-bond acceptors (Lipinski definition) is 2. The lowest BCUT2D eigenvalue weighted by Gasteiger charge is -2.22. The number of hydrogen-bond donors (Lipinski definition) is 1. The van der Waals surface area contributed by atoms with Gasteiger partial charge in [-0.3, -0.25) is 4.39 Å². The lowest BCUT2D eigenvalue weighted by molar-refractivity contribution is 0.472. The predicted octanol–water partition coefficient (Wildman–Crippen LogP) is 2.33. The van der Waals surface area contributed by atoms with Crippen LogP contribution in [0.5, 0.6) is 0 Å². The first kappa shape index (κ1) is 12.0. The minimum Gasteiger partial charge on any atom is -0.372 e. The standard InChI is InChI=1S/C12H19FN2/c1-2-15(9-3-8-13)12-6-4-11(10-14)5-7-12/h4-7H,2-3,8-10,14H2,1H3. The van der Waals surface area contributed by atoms with Gasteiger partial charge in [0, 0.05) is 25.3 Å². The summed E-state index contributed by atoms with van der Waals surface area (Å²) in [5.41, 5.74) is 7.79. The first-order chi connectivity index (χ1) is 7.31. The van der Waals surface area contributed by atoms with Crippen molar-refractivity contribution in [2.24, 2.45) is 5.73 Å². The molecule has 0 saturated heterocycles. The van der Waals surface area contributed by atoms with Gasteiger partial charge in [-0.15, -0.1) is 0 Å². The zero-order valence-electron chi connectivity index (χ0n) is 9.25. The molecular formula is C12H19FN2. The Morgan fingerprint density at radius 1 is 1.27 bits per heavy atom. The van der Waals surface area contributed by atoms with Gasteiger partial charge in [0.1, 0.15) is 0 Å². The zero-order valence-corrected chi connectivity index (χ0v) is 9.25. The average molecular weight is 210 g/mol. The second-order valence-corrected chi connectivity index (χ2v) is 3.49. The van der Waals surface area contributed by atoms with E-state index in [9.17, 15) is 4.39 Å². The van der Waals surface area contributed by atoms with E-state index in [4.69, 9.17) is 5.73 Å². The van der Waals surface area contributed by atoms with E-state index in [0.29, 0.717) is 13.0 Å². The summed E-state index contributed by atoms with van der Waals surface area (Å²) in [5.74, 6) is 0. The fourth-order valence-corrected chi connectivity index (χ4v) is 1.56. The van der Waals surface area contributed by atoms with Crippen molar-refractivity contribution in [1.29, 1.82) is 0 Å². The summed E-state index contributed by atoms with van der Waals surface area (Å²) in [6, 6.07) is 8.13. The fraction of sp³-hybridized carbons (Fsp3) is 0.500. The molecule has 0 aromatic heterocycles. The molecule has 84 valence electrons. The molecule has 0 aliphatic rings. The Labute approximate surface area is 90.9 Å². The molecule has 1 aromatic rings. The van der Waals surface area contributed by atoms with Gasteiger partial charge in [-0.25, -0.2) is 0 Å². The van der Waals surface area contributed by atoms with E-state index in [0.717, 1.165) is 24.3 Å². The molecule has 0 spiro atoms. The maximum atomic E-state index is 12.1. The summed E-state index contributed by atoms with van der Waals surface area (Å²) in [4.78, 5) is 2.17. The number of halogens is 1. The molecule has 0 aliphatic heterocycles. The molecule has 0 unspecified atom stereocenters. The molecule has 2 N–H and O–H groups in total. The first-order valence-electron chi connectivity index (χ1n) is 5.41. The van der Waals surface area contributed by atoms with Gasteiger partial charge in [0.2, 0.25) is 0 Å². The lowest BCUT2D eigenvalue weighted by atomic mass is 10.2. The van der Waals surface area contributed by atoms with E-state index in [-0.39, 0.29) is 6.67 Å². The van der Waals surface area contributed by atoms with Crippen LogP contribution in [0.25, 0.3) is 0 Å². The van der Waals surface area contributed by atoms with Gasteiger partial charge in [0.25, 0.3) is 0 Å². The highest BCUT2D eigenvalue weighted by Crippen LogP contribution is 2.15. The van der Waals surface area contributed by atoms with Crippen LogP contribution in [-0.4, -0.2) is 19.8 Å². The third-order valence-corrected chi connectivity index (χ3v) is 2.48. The van der Waals surface area contributed by atoms with Crippen molar-refractivity contribution >= 4 is 5.69 Å². The van der Waals surface area contributed by atoms with Crippen molar-refractivity contribution in [3.63, 3.8) is 0 Å². The monoisotopic (exact) mass is 210 g/mol. The third kappa shape index (κ3) is 3.51. The largest absolute Gasteiger partial charge is 0.372 e. The average Bonchev–Trinajstić information content (AvgIpc) is 2.31. The first-order valence-corrected chi connectivity index (χ1v) is 5.41. The van der Waals surface area contributed by atoms with Crippen LogP contribution in [0.3, 0.4) is 0 Å². The normalized spacial score (nSPS) is 10.3. The fourth-order valence-electron chi connectivity index (χ4n) is 1.56. The summed E-state index contributed by atoms with van der Waals surface area (Å²) in [5, 5.41) is 0. The number of alkyl halides is 1. The number of rotatable bonds is 6. The topological polar surface area (TPSA) is 29.3 Å². The smallest absolute Gasteiger partial charge is 0.0911 e. The molecule has 0 atom stereocenters. The highest BCUT2D eigenvalue weighted by Gasteiger charge is 2.03. The van der Waals surface area contributed by atoms with E-state index in [2.05, 4.69) is 11.8 Å². The van der Waals surface area contributed by atoms with Crippen LogP contribution in [0.2, 0.25) is 0 Å². The SMILES string of the molecule is CCN(CCCF)c1ccc(CN)cc1. The third-order valence-electron chi connectivity index (χ3n) is 2.48. The summed E-state index contributed by atoms with van der Waals surface area (Å²) >= 11 is 0. The van der Waals surface area contributed by atoms with E-state index in [1.165, 1.54) is 0 Å². The van der Waals surface area contributed by atoms with Crippen molar-refractivity contribution in [3.8, 4) is 0 Å². The molecule has 0 heterocycles. The summed E-state index contributed by atoms with van der Waals surface area (Å²) in [6.07, 6.45) is 0.590. The van der Waals surface area contributed by atoms with Crippen LogP contribution in [0.1, 0.15) is 18.9 Å². The molecule has 1 rings (SSSR count). The molecule has 0 saturated carbocycles. The lowest BCUT2D eigenvalue weighted by Crippen LogP contribution is -2.24. The highest BCUT2D eigenvalue weighted by molar-refractivity contribution is 5.47. The van der Waals surface area contributed by atoms with Crippen molar-refractivity contribution in [2.75, 3.05) is 24.7 Å². The molecule has 0 bridgehead atoms.